The van der Waals surface area contributed by atoms with Crippen LogP contribution in [0.5, 0.6) is 0 Å². The average Bonchev–Trinajstić information content (AvgIpc) is 2.43. The first-order chi connectivity index (χ1) is 9.38. The largest absolute Gasteiger partial charge is 0.392 e. The predicted octanol–water partition coefficient (Wildman–Crippen LogP) is 0.536. The zero-order chi connectivity index (χ0) is 15.3. The zero-order valence-electron chi connectivity index (χ0n) is 13.1. The molecule has 0 spiro atoms. The summed E-state index contributed by atoms with van der Waals surface area (Å²) < 4.78 is 0. The predicted molar refractivity (Wildman–Crippen MR) is 86.8 cm³/mol. The van der Waals surface area contributed by atoms with Crippen LogP contribution in [0.2, 0.25) is 0 Å². The molecule has 0 aromatic heterocycles. The maximum atomic E-state index is 12.0. The van der Waals surface area contributed by atoms with Crippen molar-refractivity contribution in [2.45, 2.75) is 38.8 Å². The van der Waals surface area contributed by atoms with Crippen molar-refractivity contribution in [3.8, 4) is 0 Å². The van der Waals surface area contributed by atoms with Crippen molar-refractivity contribution in [2.75, 3.05) is 40.3 Å². The summed E-state index contributed by atoms with van der Waals surface area (Å²) in [6.07, 6.45) is 2.10. The van der Waals surface area contributed by atoms with E-state index >= 15 is 0 Å². The van der Waals surface area contributed by atoms with Crippen LogP contribution in [-0.4, -0.2) is 78.0 Å². The van der Waals surface area contributed by atoms with Gasteiger partial charge in [-0.15, -0.1) is 0 Å². The minimum Gasteiger partial charge on any atom is -0.392 e. The highest BCUT2D eigenvalue weighted by atomic mass is 32.1. The summed E-state index contributed by atoms with van der Waals surface area (Å²) in [5, 5.41) is 0. The maximum Gasteiger partial charge on any atom is 0.239 e. The molecule has 5 nitrogen and oxygen atoms in total. The monoisotopic (exact) mass is 300 g/mol. The minimum absolute atomic E-state index is 0.0541. The molecule has 1 aliphatic rings. The van der Waals surface area contributed by atoms with Gasteiger partial charge in [0.2, 0.25) is 5.91 Å². The molecular formula is C14H28N4OS. The Morgan fingerprint density at radius 2 is 1.75 bits per heavy atom. The third-order valence-corrected chi connectivity index (χ3v) is 4.30. The van der Waals surface area contributed by atoms with E-state index in [1.165, 1.54) is 0 Å². The van der Waals surface area contributed by atoms with Gasteiger partial charge in [-0.25, -0.2) is 0 Å². The molecule has 2 atom stereocenters. The van der Waals surface area contributed by atoms with Crippen molar-refractivity contribution in [2.24, 2.45) is 5.73 Å². The Morgan fingerprint density at radius 3 is 2.15 bits per heavy atom. The smallest absolute Gasteiger partial charge is 0.239 e. The van der Waals surface area contributed by atoms with E-state index in [0.717, 1.165) is 39.0 Å². The van der Waals surface area contributed by atoms with Crippen LogP contribution in [0.4, 0.5) is 0 Å². The lowest BCUT2D eigenvalue weighted by Crippen LogP contribution is -2.57. The number of nitrogens with two attached hydrogens (primary N) is 1. The second-order valence-corrected chi connectivity index (χ2v) is 6.16. The summed E-state index contributed by atoms with van der Waals surface area (Å²) in [5.74, 6) is 0.165. The first-order valence-electron chi connectivity index (χ1n) is 7.37. The van der Waals surface area contributed by atoms with Gasteiger partial charge in [0.15, 0.2) is 0 Å². The highest BCUT2D eigenvalue weighted by molar-refractivity contribution is 7.80. The number of thiocarbonyl (C=S) groups is 1. The average molecular weight is 300 g/mol. The summed E-state index contributed by atoms with van der Waals surface area (Å²) in [4.78, 5) is 18.8. The van der Waals surface area contributed by atoms with Crippen LogP contribution in [0.25, 0.3) is 0 Å². The maximum absolute atomic E-state index is 12.0. The molecule has 1 aliphatic heterocycles. The summed E-state index contributed by atoms with van der Waals surface area (Å²) in [7, 11) is 3.61. The van der Waals surface area contributed by atoms with E-state index in [2.05, 4.69) is 16.7 Å². The number of rotatable bonds is 6. The van der Waals surface area contributed by atoms with Gasteiger partial charge in [-0.3, -0.25) is 14.6 Å². The standard InChI is InChI=1S/C14H28N4OS/c1-5-6-12(13(15)20)18-9-7-17(8-10-18)11(2)14(19)16(3)4/h11-12H,5-10H2,1-4H3,(H2,15,20). The van der Waals surface area contributed by atoms with Crippen LogP contribution in [0.1, 0.15) is 26.7 Å². The SMILES string of the molecule is CCCC(C(N)=S)N1CCN(C(C)C(=O)N(C)C)CC1. The van der Waals surface area contributed by atoms with Gasteiger partial charge >= 0.3 is 0 Å². The lowest BCUT2D eigenvalue weighted by atomic mass is 10.1. The third kappa shape index (κ3) is 4.40. The number of amides is 1. The first-order valence-corrected chi connectivity index (χ1v) is 7.77. The Balaban J connectivity index is 2.54. The zero-order valence-corrected chi connectivity index (χ0v) is 13.9. The fraction of sp³-hybridized carbons (Fsp3) is 0.857. The van der Waals surface area contributed by atoms with Gasteiger partial charge < -0.3 is 10.6 Å². The van der Waals surface area contributed by atoms with Gasteiger partial charge in [0.25, 0.3) is 0 Å². The quantitative estimate of drug-likeness (QED) is 0.726. The molecule has 2 unspecified atom stereocenters. The Hall–Kier alpha value is -0.720. The Kier molecular flexibility index (Phi) is 6.85. The van der Waals surface area contributed by atoms with Gasteiger partial charge in [0.05, 0.1) is 17.1 Å². The van der Waals surface area contributed by atoms with Crippen molar-refractivity contribution in [3.05, 3.63) is 0 Å². The lowest BCUT2D eigenvalue weighted by Gasteiger charge is -2.41. The first kappa shape index (κ1) is 17.3. The van der Waals surface area contributed by atoms with E-state index < -0.39 is 0 Å². The van der Waals surface area contributed by atoms with Gasteiger partial charge in [-0.05, 0) is 13.3 Å². The Morgan fingerprint density at radius 1 is 1.25 bits per heavy atom. The summed E-state index contributed by atoms with van der Waals surface area (Å²) in [6.45, 7) is 7.77. The lowest BCUT2D eigenvalue weighted by molar-refractivity contribution is -0.134. The second-order valence-electron chi connectivity index (χ2n) is 5.69. The van der Waals surface area contributed by atoms with E-state index in [-0.39, 0.29) is 18.0 Å². The van der Waals surface area contributed by atoms with E-state index in [0.29, 0.717) is 4.99 Å². The van der Waals surface area contributed by atoms with Crippen molar-refractivity contribution in [1.82, 2.24) is 14.7 Å². The summed E-state index contributed by atoms with van der Waals surface area (Å²) in [6, 6.07) is 0.151. The molecule has 2 N–H and O–H groups in total. The van der Waals surface area contributed by atoms with Gasteiger partial charge in [-0.2, -0.15) is 0 Å². The van der Waals surface area contributed by atoms with Crippen LogP contribution in [0, 0.1) is 0 Å². The van der Waals surface area contributed by atoms with Crippen LogP contribution < -0.4 is 5.73 Å². The molecule has 0 aliphatic carbocycles. The molecule has 0 bridgehead atoms. The fourth-order valence-electron chi connectivity index (χ4n) is 2.74. The van der Waals surface area contributed by atoms with Crippen LogP contribution in [0.3, 0.4) is 0 Å². The molecule has 1 rings (SSSR count). The van der Waals surface area contributed by atoms with Crippen molar-refractivity contribution in [3.63, 3.8) is 0 Å². The Labute approximate surface area is 128 Å². The van der Waals surface area contributed by atoms with Crippen LogP contribution in [-0.2, 0) is 4.79 Å². The van der Waals surface area contributed by atoms with E-state index in [1.807, 2.05) is 6.92 Å². The topological polar surface area (TPSA) is 52.8 Å². The molecule has 0 saturated carbocycles. The van der Waals surface area contributed by atoms with E-state index in [4.69, 9.17) is 18.0 Å². The summed E-state index contributed by atoms with van der Waals surface area (Å²) in [5.41, 5.74) is 5.85. The molecule has 1 heterocycles. The van der Waals surface area contributed by atoms with Crippen molar-refractivity contribution >= 4 is 23.1 Å². The number of piperazine rings is 1. The van der Waals surface area contributed by atoms with E-state index in [9.17, 15) is 4.79 Å². The molecule has 0 aromatic rings. The molecular weight excluding hydrogens is 272 g/mol. The number of hydrogen-bond donors (Lipinski definition) is 1. The van der Waals surface area contributed by atoms with Crippen LogP contribution >= 0.6 is 12.2 Å². The molecule has 0 aromatic carbocycles. The van der Waals surface area contributed by atoms with Crippen molar-refractivity contribution in [1.29, 1.82) is 0 Å². The molecule has 116 valence electrons. The van der Waals surface area contributed by atoms with Gasteiger partial charge in [0, 0.05) is 40.3 Å². The van der Waals surface area contributed by atoms with Crippen molar-refractivity contribution < 1.29 is 4.79 Å². The molecule has 1 amide bonds. The molecule has 0 radical (unpaired) electrons. The number of likely N-dealkylation sites (N-methyl/N-ethyl adjacent to an activating group) is 1. The Bertz CT molecular complexity index is 340. The number of hydrogen-bond acceptors (Lipinski definition) is 4. The van der Waals surface area contributed by atoms with Gasteiger partial charge in [-0.1, -0.05) is 25.6 Å². The normalized spacial score (nSPS) is 20.4. The fourth-order valence-corrected chi connectivity index (χ4v) is 3.01. The molecule has 1 saturated heterocycles. The summed E-state index contributed by atoms with van der Waals surface area (Å²) >= 11 is 5.18. The molecule has 1 fully saturated rings. The number of nitrogens with zero attached hydrogens (tertiary/aromatic N) is 3. The molecule has 6 heteroatoms. The van der Waals surface area contributed by atoms with Crippen LogP contribution in [0.15, 0.2) is 0 Å². The van der Waals surface area contributed by atoms with E-state index in [1.54, 1.807) is 19.0 Å². The number of carbonyl (C=O) groups is 1. The number of carbonyl (C=O) groups excluding carboxylic acids is 1. The minimum atomic E-state index is -0.0541. The third-order valence-electron chi connectivity index (χ3n) is 4.03. The highest BCUT2D eigenvalue weighted by Gasteiger charge is 2.29. The molecule has 20 heavy (non-hydrogen) atoms. The second kappa shape index (κ2) is 7.90. The highest BCUT2D eigenvalue weighted by Crippen LogP contribution is 2.14. The van der Waals surface area contributed by atoms with Gasteiger partial charge in [0.1, 0.15) is 0 Å².